The van der Waals surface area contributed by atoms with E-state index < -0.39 is 22.4 Å². The predicted molar refractivity (Wildman–Crippen MR) is 94.2 cm³/mol. The number of anilines is 1. The highest BCUT2D eigenvalue weighted by atomic mass is 19.4. The first kappa shape index (κ1) is 20.7. The van der Waals surface area contributed by atoms with E-state index in [1.807, 2.05) is 6.07 Å². The third-order valence-electron chi connectivity index (χ3n) is 3.76. The van der Waals surface area contributed by atoms with Crippen LogP contribution in [0.1, 0.15) is 23.1 Å². The van der Waals surface area contributed by atoms with Gasteiger partial charge in [0.05, 0.1) is 22.1 Å². The molecule has 0 aliphatic heterocycles. The molecule has 10 heteroatoms. The number of alkyl halides is 3. The Morgan fingerprint density at radius 1 is 1.18 bits per heavy atom. The smallest absolute Gasteiger partial charge is 0.379 e. The summed E-state index contributed by atoms with van der Waals surface area (Å²) in [4.78, 5) is 21.9. The van der Waals surface area contributed by atoms with Gasteiger partial charge in [0.25, 0.3) is 5.69 Å². The van der Waals surface area contributed by atoms with Crippen molar-refractivity contribution in [3.63, 3.8) is 0 Å². The SMILES string of the molecule is N#Cc1ccc(CNC(=O)CCNc2ccc(C(F)(F)F)cc2[N+](=O)[O-])cc1. The van der Waals surface area contributed by atoms with Crippen LogP contribution in [0.4, 0.5) is 24.5 Å². The fourth-order valence-electron chi connectivity index (χ4n) is 2.31. The van der Waals surface area contributed by atoms with Crippen LogP contribution >= 0.6 is 0 Å². The summed E-state index contributed by atoms with van der Waals surface area (Å²) in [6.07, 6.45) is -4.72. The van der Waals surface area contributed by atoms with Gasteiger partial charge in [-0.05, 0) is 29.8 Å². The molecule has 2 aromatic rings. The average Bonchev–Trinajstić information content (AvgIpc) is 2.66. The zero-order chi connectivity index (χ0) is 20.7. The quantitative estimate of drug-likeness (QED) is 0.553. The first-order chi connectivity index (χ1) is 13.2. The lowest BCUT2D eigenvalue weighted by Gasteiger charge is -2.11. The molecule has 0 heterocycles. The van der Waals surface area contributed by atoms with E-state index >= 15 is 0 Å². The van der Waals surface area contributed by atoms with E-state index in [0.717, 1.165) is 17.7 Å². The molecule has 0 unspecified atom stereocenters. The van der Waals surface area contributed by atoms with E-state index in [2.05, 4.69) is 10.6 Å². The highest BCUT2D eigenvalue weighted by molar-refractivity contribution is 5.76. The molecule has 7 nitrogen and oxygen atoms in total. The molecule has 0 radical (unpaired) electrons. The Labute approximate surface area is 157 Å². The Bertz CT molecular complexity index is 906. The predicted octanol–water partition coefficient (Wildman–Crippen LogP) is 3.60. The number of carbonyl (C=O) groups is 1. The van der Waals surface area contributed by atoms with Crippen LogP contribution < -0.4 is 10.6 Å². The van der Waals surface area contributed by atoms with Gasteiger partial charge in [-0.25, -0.2) is 0 Å². The number of benzene rings is 2. The molecule has 2 rings (SSSR count). The van der Waals surface area contributed by atoms with Crippen LogP contribution in [0.15, 0.2) is 42.5 Å². The van der Waals surface area contributed by atoms with E-state index in [-0.39, 0.29) is 31.1 Å². The Hall–Kier alpha value is -3.61. The number of nitrogens with zero attached hydrogens (tertiary/aromatic N) is 2. The summed E-state index contributed by atoms with van der Waals surface area (Å²) in [6.45, 7) is 0.246. The summed E-state index contributed by atoms with van der Waals surface area (Å²) in [5.41, 5.74) is -0.647. The first-order valence-electron chi connectivity index (χ1n) is 8.06. The van der Waals surface area contributed by atoms with Crippen LogP contribution in [0.3, 0.4) is 0 Å². The van der Waals surface area contributed by atoms with Gasteiger partial charge in [-0.1, -0.05) is 12.1 Å². The summed E-state index contributed by atoms with van der Waals surface area (Å²) in [5.74, 6) is -0.341. The highest BCUT2D eigenvalue weighted by Crippen LogP contribution is 2.34. The van der Waals surface area contributed by atoms with Gasteiger partial charge in [0, 0.05) is 25.6 Å². The Morgan fingerprint density at radius 3 is 2.43 bits per heavy atom. The van der Waals surface area contributed by atoms with Crippen LogP contribution in [0.25, 0.3) is 0 Å². The molecule has 2 N–H and O–H groups in total. The minimum absolute atomic E-state index is 0.00537. The molecule has 146 valence electrons. The number of hydrogen-bond donors (Lipinski definition) is 2. The van der Waals surface area contributed by atoms with Gasteiger partial charge < -0.3 is 10.6 Å². The van der Waals surface area contributed by atoms with Crippen LogP contribution in [0.2, 0.25) is 0 Å². The third kappa shape index (κ3) is 5.70. The van der Waals surface area contributed by atoms with Crippen molar-refractivity contribution < 1.29 is 22.9 Å². The molecule has 1 amide bonds. The van der Waals surface area contributed by atoms with Gasteiger partial charge in [0.15, 0.2) is 0 Å². The molecule has 0 aromatic heterocycles. The van der Waals surface area contributed by atoms with Crippen molar-refractivity contribution in [2.75, 3.05) is 11.9 Å². The van der Waals surface area contributed by atoms with Crippen molar-refractivity contribution in [2.45, 2.75) is 19.1 Å². The standard InChI is InChI=1S/C18H15F3N4O3/c19-18(20,21)14-5-6-15(16(9-14)25(27)28)23-8-7-17(26)24-11-13-3-1-12(10-22)2-4-13/h1-6,9,23H,7-8,11H2,(H,24,26). The van der Waals surface area contributed by atoms with Gasteiger partial charge in [-0.15, -0.1) is 0 Å². The Balaban J connectivity index is 1.89. The maximum Gasteiger partial charge on any atom is 0.416 e. The van der Waals surface area contributed by atoms with Crippen molar-refractivity contribution in [3.05, 3.63) is 69.3 Å². The Morgan fingerprint density at radius 2 is 1.86 bits per heavy atom. The van der Waals surface area contributed by atoms with Crippen LogP contribution in [0, 0.1) is 21.4 Å². The van der Waals surface area contributed by atoms with E-state index in [9.17, 15) is 28.1 Å². The molecule has 28 heavy (non-hydrogen) atoms. The summed E-state index contributed by atoms with van der Waals surface area (Å²) < 4.78 is 38.0. The van der Waals surface area contributed by atoms with E-state index in [4.69, 9.17) is 5.26 Å². The van der Waals surface area contributed by atoms with Crippen LogP contribution in [-0.4, -0.2) is 17.4 Å². The zero-order valence-electron chi connectivity index (χ0n) is 14.4. The number of nitro benzene ring substituents is 1. The monoisotopic (exact) mass is 392 g/mol. The number of carbonyl (C=O) groups excluding carboxylic acids is 1. The Kier molecular flexibility index (Phi) is 6.55. The lowest BCUT2D eigenvalue weighted by Crippen LogP contribution is -2.25. The number of rotatable bonds is 7. The number of nitro groups is 1. The molecule has 0 spiro atoms. The third-order valence-corrected chi connectivity index (χ3v) is 3.76. The van der Waals surface area contributed by atoms with Crippen molar-refractivity contribution in [2.24, 2.45) is 0 Å². The average molecular weight is 392 g/mol. The summed E-state index contributed by atoms with van der Waals surface area (Å²) in [5, 5.41) is 25.0. The van der Waals surface area contributed by atoms with E-state index in [1.54, 1.807) is 24.3 Å². The van der Waals surface area contributed by atoms with Gasteiger partial charge in [0.2, 0.25) is 5.91 Å². The fourth-order valence-corrected chi connectivity index (χ4v) is 2.31. The van der Waals surface area contributed by atoms with E-state index in [1.165, 1.54) is 0 Å². The topological polar surface area (TPSA) is 108 Å². The van der Waals surface area contributed by atoms with Crippen LogP contribution in [0.5, 0.6) is 0 Å². The van der Waals surface area contributed by atoms with Crippen molar-refractivity contribution in [1.29, 1.82) is 5.26 Å². The maximum absolute atomic E-state index is 12.7. The highest BCUT2D eigenvalue weighted by Gasteiger charge is 2.33. The van der Waals surface area contributed by atoms with Gasteiger partial charge in [0.1, 0.15) is 5.69 Å². The number of amides is 1. The van der Waals surface area contributed by atoms with Crippen LogP contribution in [-0.2, 0) is 17.5 Å². The number of hydrogen-bond acceptors (Lipinski definition) is 5. The van der Waals surface area contributed by atoms with Gasteiger partial charge >= 0.3 is 6.18 Å². The van der Waals surface area contributed by atoms with E-state index in [0.29, 0.717) is 11.6 Å². The summed E-state index contributed by atoms with van der Waals surface area (Å²) >= 11 is 0. The molecular weight excluding hydrogens is 377 g/mol. The number of halogens is 3. The molecule has 0 bridgehead atoms. The normalized spacial score (nSPS) is 10.8. The number of nitriles is 1. The van der Waals surface area contributed by atoms with Crippen molar-refractivity contribution in [3.8, 4) is 6.07 Å². The molecule has 0 saturated heterocycles. The summed E-state index contributed by atoms with van der Waals surface area (Å²) in [7, 11) is 0. The second-order valence-electron chi connectivity index (χ2n) is 5.75. The van der Waals surface area contributed by atoms with Gasteiger partial charge in [-0.2, -0.15) is 18.4 Å². The maximum atomic E-state index is 12.7. The second kappa shape index (κ2) is 8.85. The first-order valence-corrected chi connectivity index (χ1v) is 8.06. The second-order valence-corrected chi connectivity index (χ2v) is 5.75. The molecule has 0 aliphatic rings. The number of nitrogens with one attached hydrogen (secondary N) is 2. The lowest BCUT2D eigenvalue weighted by molar-refractivity contribution is -0.384. The minimum atomic E-state index is -4.69. The lowest BCUT2D eigenvalue weighted by atomic mass is 10.1. The van der Waals surface area contributed by atoms with Crippen molar-refractivity contribution >= 4 is 17.3 Å². The van der Waals surface area contributed by atoms with Crippen molar-refractivity contribution in [1.82, 2.24) is 5.32 Å². The summed E-state index contributed by atoms with van der Waals surface area (Å²) in [6, 6.07) is 10.8. The molecule has 2 aromatic carbocycles. The molecule has 0 fully saturated rings. The molecular formula is C18H15F3N4O3. The zero-order valence-corrected chi connectivity index (χ0v) is 14.4. The van der Waals surface area contributed by atoms with Gasteiger partial charge in [-0.3, -0.25) is 14.9 Å². The fraction of sp³-hybridized carbons (Fsp3) is 0.222. The minimum Gasteiger partial charge on any atom is -0.379 e. The molecule has 0 atom stereocenters. The molecule has 0 aliphatic carbocycles. The largest absolute Gasteiger partial charge is 0.416 e. The molecule has 0 saturated carbocycles.